The molecular weight excluding hydrogens is 276 g/mol. The maximum Gasteiger partial charge on any atom is 0.256 e. The second kappa shape index (κ2) is 4.70. The van der Waals surface area contributed by atoms with Gasteiger partial charge >= 0.3 is 0 Å². The zero-order valence-electron chi connectivity index (χ0n) is 11.6. The van der Waals surface area contributed by atoms with Gasteiger partial charge in [0.2, 0.25) is 0 Å². The highest BCUT2D eigenvalue weighted by Gasteiger charge is 2.23. The van der Waals surface area contributed by atoms with Crippen LogP contribution in [0.2, 0.25) is 0 Å². The van der Waals surface area contributed by atoms with Gasteiger partial charge in [-0.1, -0.05) is 18.2 Å². The summed E-state index contributed by atoms with van der Waals surface area (Å²) in [4.78, 5) is 16.3. The van der Waals surface area contributed by atoms with Crippen molar-refractivity contribution in [3.8, 4) is 5.75 Å². The number of benzene rings is 2. The van der Waals surface area contributed by atoms with E-state index in [1.807, 2.05) is 36.4 Å². The molecule has 0 aliphatic carbocycles. The Morgan fingerprint density at radius 3 is 2.82 bits per heavy atom. The van der Waals surface area contributed by atoms with Crippen molar-refractivity contribution in [3.05, 3.63) is 65.9 Å². The van der Waals surface area contributed by atoms with Gasteiger partial charge in [0, 0.05) is 34.0 Å². The average molecular weight is 288 g/mol. The number of aromatic nitrogens is 1. The lowest BCUT2D eigenvalue weighted by Crippen LogP contribution is -2.03. The summed E-state index contributed by atoms with van der Waals surface area (Å²) >= 11 is 0. The number of hydrogen-bond acceptors (Lipinski definition) is 3. The minimum absolute atomic E-state index is 0.135. The highest BCUT2D eigenvalue weighted by Crippen LogP contribution is 2.35. The number of fused-ring (bicyclic) bond motifs is 2. The van der Waals surface area contributed by atoms with Gasteiger partial charge in [-0.15, -0.1) is 0 Å². The van der Waals surface area contributed by atoms with Gasteiger partial charge in [-0.25, -0.2) is 0 Å². The van der Waals surface area contributed by atoms with Gasteiger partial charge in [-0.05, 0) is 36.4 Å². The molecule has 0 unspecified atom stereocenters. The van der Waals surface area contributed by atoms with E-state index < -0.39 is 0 Å². The Kier molecular flexibility index (Phi) is 2.69. The van der Waals surface area contributed by atoms with E-state index in [1.165, 1.54) is 0 Å². The molecule has 0 spiro atoms. The molecule has 22 heavy (non-hydrogen) atoms. The molecule has 0 saturated carbocycles. The Hall–Kier alpha value is -3.14. The number of para-hydroxylation sites is 1. The van der Waals surface area contributed by atoms with Crippen molar-refractivity contribution in [2.75, 3.05) is 5.32 Å². The molecule has 4 nitrogen and oxygen atoms in total. The minimum Gasteiger partial charge on any atom is -0.507 e. The lowest BCUT2D eigenvalue weighted by Gasteiger charge is -2.05. The molecule has 2 aromatic carbocycles. The van der Waals surface area contributed by atoms with Crippen LogP contribution in [0.25, 0.3) is 22.6 Å². The van der Waals surface area contributed by atoms with Crippen LogP contribution in [0.1, 0.15) is 11.1 Å². The van der Waals surface area contributed by atoms with Crippen molar-refractivity contribution in [2.45, 2.75) is 0 Å². The summed E-state index contributed by atoms with van der Waals surface area (Å²) in [5.41, 5.74) is 3.51. The predicted molar refractivity (Wildman–Crippen MR) is 86.4 cm³/mol. The SMILES string of the molecule is O=C1Nc2ccccc2/C1=C\c1ccc2ncccc2c1O. The van der Waals surface area contributed by atoms with Crippen molar-refractivity contribution in [1.29, 1.82) is 0 Å². The molecule has 4 heteroatoms. The molecular formula is C18H12N2O2. The van der Waals surface area contributed by atoms with Crippen molar-refractivity contribution >= 4 is 34.1 Å². The van der Waals surface area contributed by atoms with Crippen LogP contribution in [0, 0.1) is 0 Å². The number of anilines is 1. The number of phenols is 1. The highest BCUT2D eigenvalue weighted by atomic mass is 16.3. The van der Waals surface area contributed by atoms with Crippen LogP contribution in [0.15, 0.2) is 54.7 Å². The number of amides is 1. The number of carbonyl (C=O) groups excluding carboxylic acids is 1. The fourth-order valence-corrected chi connectivity index (χ4v) is 2.71. The van der Waals surface area contributed by atoms with Crippen molar-refractivity contribution in [1.82, 2.24) is 4.98 Å². The van der Waals surface area contributed by atoms with Gasteiger partial charge < -0.3 is 10.4 Å². The van der Waals surface area contributed by atoms with Crippen LogP contribution in [0.4, 0.5) is 5.69 Å². The van der Waals surface area contributed by atoms with E-state index in [1.54, 1.807) is 24.4 Å². The van der Waals surface area contributed by atoms with E-state index in [0.29, 0.717) is 16.5 Å². The number of aromatic hydroxyl groups is 1. The van der Waals surface area contributed by atoms with E-state index >= 15 is 0 Å². The lowest BCUT2D eigenvalue weighted by atomic mass is 10.0. The maximum absolute atomic E-state index is 12.1. The van der Waals surface area contributed by atoms with Gasteiger partial charge in [-0.3, -0.25) is 9.78 Å². The molecule has 0 saturated heterocycles. The molecule has 1 aromatic heterocycles. The van der Waals surface area contributed by atoms with Gasteiger partial charge in [0.15, 0.2) is 0 Å². The fraction of sp³-hybridized carbons (Fsp3) is 0. The second-order valence-corrected chi connectivity index (χ2v) is 5.13. The summed E-state index contributed by atoms with van der Waals surface area (Å²) in [6.45, 7) is 0. The van der Waals surface area contributed by atoms with Crippen LogP contribution < -0.4 is 5.32 Å². The van der Waals surface area contributed by atoms with Crippen LogP contribution in [-0.4, -0.2) is 16.0 Å². The molecule has 0 bridgehead atoms. The zero-order valence-corrected chi connectivity index (χ0v) is 11.6. The Morgan fingerprint density at radius 1 is 1.05 bits per heavy atom. The highest BCUT2D eigenvalue weighted by molar-refractivity contribution is 6.35. The third-order valence-electron chi connectivity index (χ3n) is 3.80. The predicted octanol–water partition coefficient (Wildman–Crippen LogP) is 3.43. The number of rotatable bonds is 1. The summed E-state index contributed by atoms with van der Waals surface area (Å²) in [6, 6.07) is 14.7. The summed E-state index contributed by atoms with van der Waals surface area (Å²) in [5.74, 6) is -0.0258. The van der Waals surface area contributed by atoms with Gasteiger partial charge in [0.05, 0.1) is 5.52 Å². The molecule has 1 aliphatic rings. The number of phenolic OH excluding ortho intramolecular Hbond substituents is 1. The van der Waals surface area contributed by atoms with Crippen LogP contribution in [0.3, 0.4) is 0 Å². The molecule has 0 fully saturated rings. The average Bonchev–Trinajstić information content (AvgIpc) is 2.86. The van der Waals surface area contributed by atoms with Gasteiger partial charge in [-0.2, -0.15) is 0 Å². The van der Waals surface area contributed by atoms with E-state index in [9.17, 15) is 9.90 Å². The third kappa shape index (κ3) is 1.85. The summed E-state index contributed by atoms with van der Waals surface area (Å²) in [6.07, 6.45) is 3.39. The number of nitrogens with one attached hydrogen (secondary N) is 1. The van der Waals surface area contributed by atoms with E-state index in [-0.39, 0.29) is 11.7 Å². The number of pyridine rings is 1. The largest absolute Gasteiger partial charge is 0.507 e. The molecule has 1 amide bonds. The van der Waals surface area contributed by atoms with Gasteiger partial charge in [0.25, 0.3) is 5.91 Å². The maximum atomic E-state index is 12.1. The number of carbonyl (C=O) groups is 1. The Morgan fingerprint density at radius 2 is 1.91 bits per heavy atom. The number of hydrogen-bond donors (Lipinski definition) is 2. The fourth-order valence-electron chi connectivity index (χ4n) is 2.71. The number of nitrogens with zero attached hydrogens (tertiary/aromatic N) is 1. The van der Waals surface area contributed by atoms with Crippen molar-refractivity contribution < 1.29 is 9.90 Å². The van der Waals surface area contributed by atoms with Crippen molar-refractivity contribution in [2.24, 2.45) is 0 Å². The van der Waals surface area contributed by atoms with Crippen LogP contribution >= 0.6 is 0 Å². The topological polar surface area (TPSA) is 62.2 Å². The summed E-state index contributed by atoms with van der Waals surface area (Å²) in [7, 11) is 0. The lowest BCUT2D eigenvalue weighted by molar-refractivity contribution is -0.110. The smallest absolute Gasteiger partial charge is 0.256 e. The van der Waals surface area contributed by atoms with Crippen LogP contribution in [-0.2, 0) is 4.79 Å². The van der Waals surface area contributed by atoms with E-state index in [0.717, 1.165) is 16.8 Å². The van der Waals surface area contributed by atoms with Gasteiger partial charge in [0.1, 0.15) is 5.75 Å². The molecule has 106 valence electrons. The molecule has 3 aromatic rings. The third-order valence-corrected chi connectivity index (χ3v) is 3.80. The van der Waals surface area contributed by atoms with E-state index in [2.05, 4.69) is 10.3 Å². The molecule has 0 atom stereocenters. The Bertz CT molecular complexity index is 945. The summed E-state index contributed by atoms with van der Waals surface area (Å²) < 4.78 is 0. The quantitative estimate of drug-likeness (QED) is 0.674. The van der Waals surface area contributed by atoms with Crippen LogP contribution in [0.5, 0.6) is 5.75 Å². The monoisotopic (exact) mass is 288 g/mol. The first-order valence-corrected chi connectivity index (χ1v) is 6.93. The molecule has 4 rings (SSSR count). The first kappa shape index (κ1) is 12.6. The normalized spacial score (nSPS) is 15.1. The Balaban J connectivity index is 1.90. The molecule has 2 N–H and O–H groups in total. The molecule has 0 radical (unpaired) electrons. The first-order valence-electron chi connectivity index (χ1n) is 6.93. The van der Waals surface area contributed by atoms with Crippen molar-refractivity contribution in [3.63, 3.8) is 0 Å². The first-order chi connectivity index (χ1) is 10.7. The second-order valence-electron chi connectivity index (χ2n) is 5.13. The van der Waals surface area contributed by atoms with E-state index in [4.69, 9.17) is 0 Å². The Labute approximate surface area is 126 Å². The summed E-state index contributed by atoms with van der Waals surface area (Å²) in [5, 5.41) is 13.9. The zero-order chi connectivity index (χ0) is 15.1. The molecule has 2 heterocycles. The standard InChI is InChI=1S/C18H12N2O2/c21-17-11(7-8-15-13(17)5-3-9-19-15)10-14-12-4-1-2-6-16(12)20-18(14)22/h1-10,21H,(H,20,22)/b14-10+. The molecule has 1 aliphatic heterocycles. The minimum atomic E-state index is -0.160.